The lowest BCUT2D eigenvalue weighted by Crippen LogP contribution is -2.29. The van der Waals surface area contributed by atoms with Crippen LogP contribution in [0.2, 0.25) is 0 Å². The Balaban J connectivity index is 1.70. The molecular formula is C20H19N3O3. The largest absolute Gasteiger partial charge is 0.494 e. The highest BCUT2D eigenvalue weighted by Crippen LogP contribution is 2.15. The summed E-state index contributed by atoms with van der Waals surface area (Å²) in [4.78, 5) is 31.3. The first-order valence-corrected chi connectivity index (χ1v) is 8.31. The van der Waals surface area contributed by atoms with E-state index in [-0.39, 0.29) is 5.56 Å². The molecule has 0 saturated heterocycles. The number of hydrogen-bond donors (Lipinski definition) is 2. The Labute approximate surface area is 150 Å². The van der Waals surface area contributed by atoms with E-state index in [1.54, 1.807) is 30.6 Å². The van der Waals surface area contributed by atoms with Crippen LogP contribution in [0, 0.1) is 0 Å². The van der Waals surface area contributed by atoms with Gasteiger partial charge in [0.15, 0.2) is 0 Å². The number of rotatable bonds is 6. The predicted octanol–water partition coefficient (Wildman–Crippen LogP) is 2.77. The van der Waals surface area contributed by atoms with Gasteiger partial charge in [0.05, 0.1) is 6.61 Å². The predicted molar refractivity (Wildman–Crippen MR) is 99.1 cm³/mol. The highest BCUT2D eigenvalue weighted by molar-refractivity contribution is 5.94. The van der Waals surface area contributed by atoms with Gasteiger partial charge in [-0.15, -0.1) is 0 Å². The van der Waals surface area contributed by atoms with Gasteiger partial charge < -0.3 is 15.0 Å². The van der Waals surface area contributed by atoms with E-state index >= 15 is 0 Å². The number of benzene rings is 1. The molecule has 0 unspecified atom stereocenters. The highest BCUT2D eigenvalue weighted by Gasteiger charge is 2.11. The Bertz CT molecular complexity index is 952. The fourth-order valence-electron chi connectivity index (χ4n) is 2.54. The number of aromatic amines is 1. The molecule has 2 heterocycles. The number of carbonyl (C=O) groups excluding carboxylic acids is 1. The normalized spacial score (nSPS) is 10.3. The number of carbonyl (C=O) groups is 1. The van der Waals surface area contributed by atoms with Gasteiger partial charge in [0.1, 0.15) is 11.3 Å². The number of amides is 1. The quantitative estimate of drug-likeness (QED) is 0.717. The van der Waals surface area contributed by atoms with Crippen LogP contribution >= 0.6 is 0 Å². The second-order valence-corrected chi connectivity index (χ2v) is 5.61. The third-order valence-corrected chi connectivity index (χ3v) is 3.81. The molecule has 1 aromatic carbocycles. The first kappa shape index (κ1) is 17.4. The summed E-state index contributed by atoms with van der Waals surface area (Å²) >= 11 is 0. The summed E-state index contributed by atoms with van der Waals surface area (Å²) in [6.45, 7) is 2.80. The monoisotopic (exact) mass is 349 g/mol. The maximum Gasteiger partial charge on any atom is 0.261 e. The van der Waals surface area contributed by atoms with Crippen molar-refractivity contribution in [3.05, 3.63) is 82.4 Å². The Hall–Kier alpha value is -3.41. The molecule has 0 aliphatic heterocycles. The Morgan fingerprint density at radius 3 is 2.69 bits per heavy atom. The van der Waals surface area contributed by atoms with Crippen molar-refractivity contribution < 1.29 is 9.53 Å². The fraction of sp³-hybridized carbons (Fsp3) is 0.150. The highest BCUT2D eigenvalue weighted by atomic mass is 16.5. The molecule has 0 spiro atoms. The van der Waals surface area contributed by atoms with Crippen molar-refractivity contribution in [1.29, 1.82) is 0 Å². The molecular weight excluding hydrogens is 330 g/mol. The lowest BCUT2D eigenvalue weighted by Gasteiger charge is -2.08. The number of nitrogens with zero attached hydrogens (tertiary/aromatic N) is 1. The smallest absolute Gasteiger partial charge is 0.261 e. The second-order valence-electron chi connectivity index (χ2n) is 5.61. The minimum atomic E-state index is -0.431. The molecule has 0 radical (unpaired) electrons. The van der Waals surface area contributed by atoms with Crippen LogP contribution < -0.4 is 15.6 Å². The van der Waals surface area contributed by atoms with Crippen molar-refractivity contribution in [1.82, 2.24) is 15.3 Å². The lowest BCUT2D eigenvalue weighted by molar-refractivity contribution is 0.0949. The molecule has 6 nitrogen and oxygen atoms in total. The molecule has 0 atom stereocenters. The maximum absolute atomic E-state index is 12.3. The Morgan fingerprint density at radius 1 is 1.15 bits per heavy atom. The zero-order valence-electron chi connectivity index (χ0n) is 14.4. The van der Waals surface area contributed by atoms with Gasteiger partial charge in [0, 0.05) is 30.2 Å². The van der Waals surface area contributed by atoms with Crippen LogP contribution in [0.3, 0.4) is 0 Å². The van der Waals surface area contributed by atoms with Crippen LogP contribution in [0.25, 0.3) is 11.3 Å². The van der Waals surface area contributed by atoms with E-state index in [9.17, 15) is 9.59 Å². The molecule has 0 fully saturated rings. The van der Waals surface area contributed by atoms with Crippen LogP contribution in [-0.4, -0.2) is 22.5 Å². The van der Waals surface area contributed by atoms with Gasteiger partial charge >= 0.3 is 0 Å². The van der Waals surface area contributed by atoms with E-state index in [1.807, 2.05) is 31.2 Å². The Morgan fingerprint density at radius 2 is 1.96 bits per heavy atom. The van der Waals surface area contributed by atoms with Crippen LogP contribution in [-0.2, 0) is 6.54 Å². The first-order chi connectivity index (χ1) is 12.7. The van der Waals surface area contributed by atoms with Gasteiger partial charge in [-0.3, -0.25) is 14.6 Å². The number of pyridine rings is 2. The number of nitrogens with one attached hydrogen (secondary N) is 2. The molecule has 0 saturated carbocycles. The van der Waals surface area contributed by atoms with Crippen molar-refractivity contribution in [2.24, 2.45) is 0 Å². The topological polar surface area (TPSA) is 84.1 Å². The van der Waals surface area contributed by atoms with Crippen molar-refractivity contribution >= 4 is 5.91 Å². The molecule has 2 aromatic heterocycles. The van der Waals surface area contributed by atoms with Crippen molar-refractivity contribution in [2.75, 3.05) is 6.61 Å². The molecule has 0 aliphatic rings. The lowest BCUT2D eigenvalue weighted by atomic mass is 10.1. The third-order valence-electron chi connectivity index (χ3n) is 3.81. The fourth-order valence-corrected chi connectivity index (χ4v) is 2.54. The number of H-pyrrole nitrogens is 1. The van der Waals surface area contributed by atoms with E-state index < -0.39 is 11.5 Å². The minimum Gasteiger partial charge on any atom is -0.494 e. The van der Waals surface area contributed by atoms with Crippen molar-refractivity contribution in [3.8, 4) is 17.0 Å². The zero-order chi connectivity index (χ0) is 18.4. The van der Waals surface area contributed by atoms with E-state index in [4.69, 9.17) is 4.74 Å². The molecule has 3 rings (SSSR count). The maximum atomic E-state index is 12.3. The summed E-state index contributed by atoms with van der Waals surface area (Å²) in [5.41, 5.74) is 2.01. The van der Waals surface area contributed by atoms with E-state index in [2.05, 4.69) is 15.3 Å². The van der Waals surface area contributed by atoms with Gasteiger partial charge in [-0.2, -0.15) is 0 Å². The summed E-state index contributed by atoms with van der Waals surface area (Å²) in [6.07, 6.45) is 3.29. The molecule has 1 amide bonds. The average Bonchev–Trinajstić information content (AvgIpc) is 2.67. The average molecular weight is 349 g/mol. The van der Waals surface area contributed by atoms with Crippen LogP contribution in [0.5, 0.6) is 5.75 Å². The standard InChI is InChI=1S/C20H19N3O3/c1-2-26-16-5-3-4-14(12-16)13-22-19(24)17-6-7-18(23-20(17)25)15-8-10-21-11-9-15/h3-12H,2,13H2,1H3,(H,22,24)(H,23,25). The molecule has 132 valence electrons. The van der Waals surface area contributed by atoms with Gasteiger partial charge in [0.25, 0.3) is 11.5 Å². The molecule has 3 aromatic rings. The SMILES string of the molecule is CCOc1cccc(CNC(=O)c2ccc(-c3ccncc3)[nH]c2=O)c1. The van der Waals surface area contributed by atoms with Gasteiger partial charge in [0.2, 0.25) is 0 Å². The van der Waals surface area contributed by atoms with Gasteiger partial charge in [-0.25, -0.2) is 0 Å². The first-order valence-electron chi connectivity index (χ1n) is 8.31. The summed E-state index contributed by atoms with van der Waals surface area (Å²) in [7, 11) is 0. The molecule has 26 heavy (non-hydrogen) atoms. The summed E-state index contributed by atoms with van der Waals surface area (Å²) < 4.78 is 5.44. The van der Waals surface area contributed by atoms with E-state index in [0.29, 0.717) is 18.8 Å². The summed E-state index contributed by atoms with van der Waals surface area (Å²) in [6, 6.07) is 14.3. The van der Waals surface area contributed by atoms with Gasteiger partial charge in [-0.05, 0) is 48.9 Å². The Kier molecular flexibility index (Phi) is 5.43. The third kappa shape index (κ3) is 4.16. The minimum absolute atomic E-state index is 0.0729. The van der Waals surface area contributed by atoms with Gasteiger partial charge in [-0.1, -0.05) is 12.1 Å². The molecule has 0 bridgehead atoms. The zero-order valence-corrected chi connectivity index (χ0v) is 14.4. The van der Waals surface area contributed by atoms with E-state index in [0.717, 1.165) is 16.9 Å². The van der Waals surface area contributed by atoms with Crippen LogP contribution in [0.15, 0.2) is 65.7 Å². The number of hydrogen-bond acceptors (Lipinski definition) is 4. The number of aromatic nitrogens is 2. The second kappa shape index (κ2) is 8.11. The van der Waals surface area contributed by atoms with E-state index in [1.165, 1.54) is 6.07 Å². The molecule has 2 N–H and O–H groups in total. The van der Waals surface area contributed by atoms with Crippen LogP contribution in [0.4, 0.5) is 0 Å². The molecule has 0 aliphatic carbocycles. The van der Waals surface area contributed by atoms with Crippen LogP contribution in [0.1, 0.15) is 22.8 Å². The summed E-state index contributed by atoms with van der Waals surface area (Å²) in [5.74, 6) is 0.327. The molecule has 6 heteroatoms. The van der Waals surface area contributed by atoms with Crippen molar-refractivity contribution in [3.63, 3.8) is 0 Å². The number of ether oxygens (including phenoxy) is 1. The summed E-state index contributed by atoms with van der Waals surface area (Å²) in [5, 5.41) is 2.76. The van der Waals surface area contributed by atoms with Crippen molar-refractivity contribution in [2.45, 2.75) is 13.5 Å².